The molecule has 9 heteroatoms. The summed E-state index contributed by atoms with van der Waals surface area (Å²) in [6, 6.07) is 8.07. The van der Waals surface area contributed by atoms with Gasteiger partial charge >= 0.3 is 5.91 Å². The number of hydrogen-bond donors (Lipinski definition) is 1. The molecular weight excluding hydrogens is 414 g/mol. The third-order valence-corrected chi connectivity index (χ3v) is 5.00. The lowest BCUT2D eigenvalue weighted by Gasteiger charge is -2.25. The fourth-order valence-electron chi connectivity index (χ4n) is 3.17. The van der Waals surface area contributed by atoms with Crippen molar-refractivity contribution in [3.8, 4) is 5.75 Å². The molecule has 2 aromatic rings. The first kappa shape index (κ1) is 21.8. The number of carbonyl (C=O) groups is 1. The van der Waals surface area contributed by atoms with Gasteiger partial charge in [0.2, 0.25) is 5.83 Å². The summed E-state index contributed by atoms with van der Waals surface area (Å²) in [5.41, 5.74) is 2.23. The molecule has 1 atom stereocenters. The molecule has 0 spiro atoms. The third kappa shape index (κ3) is 5.19. The van der Waals surface area contributed by atoms with Crippen molar-refractivity contribution in [1.29, 1.82) is 0 Å². The van der Waals surface area contributed by atoms with Crippen molar-refractivity contribution in [3.63, 3.8) is 0 Å². The molecule has 0 aliphatic carbocycles. The Bertz CT molecular complexity index is 974. The fraction of sp³-hybridized carbons (Fsp3) is 0.238. The first-order valence-corrected chi connectivity index (χ1v) is 9.81. The molecule has 1 amide bonds. The van der Waals surface area contributed by atoms with Gasteiger partial charge < -0.3 is 15.0 Å². The molecule has 1 unspecified atom stereocenters. The maximum Gasteiger partial charge on any atom is 0.306 e. The molecule has 1 aliphatic heterocycles. The number of ether oxygens (including phenoxy) is 1. The smallest absolute Gasteiger partial charge is 0.306 e. The van der Waals surface area contributed by atoms with Crippen LogP contribution in [0.5, 0.6) is 5.75 Å². The predicted octanol–water partition coefficient (Wildman–Crippen LogP) is 3.70. The van der Waals surface area contributed by atoms with Gasteiger partial charge in [-0.1, -0.05) is 6.07 Å². The normalized spacial score (nSPS) is 13.3. The van der Waals surface area contributed by atoms with E-state index >= 15 is 0 Å². The Kier molecular flexibility index (Phi) is 7.11. The second-order valence-corrected chi connectivity index (χ2v) is 7.36. The van der Waals surface area contributed by atoms with E-state index in [0.717, 1.165) is 42.1 Å². The van der Waals surface area contributed by atoms with Crippen LogP contribution in [0.1, 0.15) is 17.5 Å². The third-order valence-electron chi connectivity index (χ3n) is 4.58. The highest BCUT2D eigenvalue weighted by molar-refractivity contribution is 7.27. The lowest BCUT2D eigenvalue weighted by molar-refractivity contribution is -0.115. The molecule has 1 heterocycles. The Labute approximate surface area is 174 Å². The first-order chi connectivity index (χ1) is 14.4. The molecule has 0 fully saturated rings. The van der Waals surface area contributed by atoms with E-state index in [2.05, 4.69) is 26.3 Å². The minimum atomic E-state index is -1.11. The van der Waals surface area contributed by atoms with Crippen LogP contribution in [0.2, 0.25) is 0 Å². The summed E-state index contributed by atoms with van der Waals surface area (Å²) < 4.78 is 47.1. The Morgan fingerprint density at radius 1 is 1.37 bits per heavy atom. The topological polar surface area (TPSA) is 53.9 Å². The molecule has 0 saturated heterocycles. The van der Waals surface area contributed by atoms with Crippen LogP contribution in [0.4, 0.5) is 18.9 Å². The molecule has 0 bridgehead atoms. The summed E-state index contributed by atoms with van der Waals surface area (Å²) >= 11 is 0. The van der Waals surface area contributed by atoms with Crippen molar-refractivity contribution in [1.82, 2.24) is 4.90 Å². The van der Waals surface area contributed by atoms with Crippen LogP contribution < -0.4 is 15.4 Å². The molecule has 1 N–H and O–H groups in total. The van der Waals surface area contributed by atoms with Gasteiger partial charge in [0.15, 0.2) is 11.6 Å². The lowest BCUT2D eigenvalue weighted by atomic mass is 10.0. The van der Waals surface area contributed by atoms with Crippen LogP contribution in [-0.4, -0.2) is 30.8 Å². The quantitative estimate of drug-likeness (QED) is 0.312. The van der Waals surface area contributed by atoms with Crippen LogP contribution >= 0.6 is 9.24 Å². The van der Waals surface area contributed by atoms with Gasteiger partial charge in [-0.2, -0.15) is 4.39 Å². The van der Waals surface area contributed by atoms with E-state index in [1.165, 1.54) is 11.0 Å². The second-order valence-electron chi connectivity index (χ2n) is 6.74. The number of amides is 1. The zero-order valence-corrected chi connectivity index (χ0v) is 17.3. The number of rotatable bonds is 7. The maximum atomic E-state index is 14.1. The average molecular weight is 435 g/mol. The zero-order valence-electron chi connectivity index (χ0n) is 16.1. The molecule has 0 radical (unpaired) electrons. The Morgan fingerprint density at radius 3 is 2.90 bits per heavy atom. The van der Waals surface area contributed by atoms with Gasteiger partial charge in [-0.25, -0.2) is 13.8 Å². The van der Waals surface area contributed by atoms with E-state index in [9.17, 15) is 18.0 Å². The van der Waals surface area contributed by atoms with Gasteiger partial charge in [-0.05, 0) is 49.4 Å². The van der Waals surface area contributed by atoms with E-state index in [4.69, 9.17) is 4.74 Å². The number of fused-ring (bicyclic) bond motifs is 1. The van der Waals surface area contributed by atoms with Gasteiger partial charge in [-0.3, -0.25) is 4.79 Å². The standard InChI is InChI=1S/C21H21F3N3O2P/c1-25-21(28)16(23)11-27(10-13-8-15(22)20(24)19(30)9-13)12-26-17-5-2-6-18-14(17)4-3-7-29-18/h2,5-6,8-9,11,26H,1,3-4,7,10,12,30H2/b16-11+. The number of benzene rings is 2. The largest absolute Gasteiger partial charge is 0.493 e. The lowest BCUT2D eigenvalue weighted by Crippen LogP contribution is -2.26. The number of aliphatic imine (C=N–C) groups is 1. The maximum absolute atomic E-state index is 14.1. The van der Waals surface area contributed by atoms with Crippen LogP contribution in [0.15, 0.2) is 47.4 Å². The average Bonchev–Trinajstić information content (AvgIpc) is 2.75. The van der Waals surface area contributed by atoms with Crippen LogP contribution in [0, 0.1) is 11.6 Å². The van der Waals surface area contributed by atoms with Crippen LogP contribution in [0.25, 0.3) is 0 Å². The molecule has 0 aromatic heterocycles. The highest BCUT2D eigenvalue weighted by atomic mass is 31.0. The van der Waals surface area contributed by atoms with Gasteiger partial charge in [0.25, 0.3) is 0 Å². The van der Waals surface area contributed by atoms with Crippen molar-refractivity contribution in [2.75, 3.05) is 18.6 Å². The molecule has 3 rings (SSSR count). The Balaban J connectivity index is 1.83. The highest BCUT2D eigenvalue weighted by Crippen LogP contribution is 2.31. The van der Waals surface area contributed by atoms with E-state index in [-0.39, 0.29) is 18.5 Å². The van der Waals surface area contributed by atoms with Gasteiger partial charge in [0, 0.05) is 29.3 Å². The number of nitrogens with zero attached hydrogens (tertiary/aromatic N) is 2. The van der Waals surface area contributed by atoms with Crippen molar-refractivity contribution in [2.24, 2.45) is 4.99 Å². The van der Waals surface area contributed by atoms with Crippen LogP contribution in [0.3, 0.4) is 0 Å². The monoisotopic (exact) mass is 435 g/mol. The molecule has 1 aliphatic rings. The molecular formula is C21H21F3N3O2P. The summed E-state index contributed by atoms with van der Waals surface area (Å²) in [4.78, 5) is 16.0. The van der Waals surface area contributed by atoms with Gasteiger partial charge in [0.1, 0.15) is 5.75 Å². The van der Waals surface area contributed by atoms with E-state index in [1.54, 1.807) is 0 Å². The number of halogens is 3. The predicted molar refractivity (Wildman–Crippen MR) is 114 cm³/mol. The van der Waals surface area contributed by atoms with Crippen molar-refractivity contribution in [2.45, 2.75) is 19.4 Å². The van der Waals surface area contributed by atoms with E-state index in [1.807, 2.05) is 18.2 Å². The number of carbonyl (C=O) groups excluding carboxylic acids is 1. The summed E-state index contributed by atoms with van der Waals surface area (Å²) in [6.07, 6.45) is 2.69. The molecule has 5 nitrogen and oxygen atoms in total. The number of hydrogen-bond acceptors (Lipinski definition) is 4. The summed E-state index contributed by atoms with van der Waals surface area (Å²) in [6.45, 7) is 3.80. The van der Waals surface area contributed by atoms with E-state index in [0.29, 0.717) is 12.2 Å². The second kappa shape index (κ2) is 9.76. The van der Waals surface area contributed by atoms with Crippen molar-refractivity contribution < 1.29 is 22.7 Å². The molecule has 0 saturated carbocycles. The Hall–Kier alpha value is -2.86. The minimum Gasteiger partial charge on any atom is -0.493 e. The zero-order chi connectivity index (χ0) is 21.7. The molecule has 30 heavy (non-hydrogen) atoms. The molecule has 158 valence electrons. The van der Waals surface area contributed by atoms with E-state index < -0.39 is 23.4 Å². The number of anilines is 1. The summed E-state index contributed by atoms with van der Waals surface area (Å²) in [5.74, 6) is -3.40. The summed E-state index contributed by atoms with van der Waals surface area (Å²) in [5, 5.41) is 3.26. The fourth-order valence-corrected chi connectivity index (χ4v) is 3.53. The Morgan fingerprint density at radius 2 is 2.17 bits per heavy atom. The summed E-state index contributed by atoms with van der Waals surface area (Å²) in [7, 11) is 2.12. The van der Waals surface area contributed by atoms with Crippen molar-refractivity contribution >= 4 is 32.9 Å². The van der Waals surface area contributed by atoms with Gasteiger partial charge in [0.05, 0.1) is 13.3 Å². The highest BCUT2D eigenvalue weighted by Gasteiger charge is 2.16. The molecule has 2 aromatic carbocycles. The van der Waals surface area contributed by atoms with Crippen molar-refractivity contribution in [3.05, 3.63) is 65.1 Å². The first-order valence-electron chi connectivity index (χ1n) is 9.23. The van der Waals surface area contributed by atoms with Crippen LogP contribution in [-0.2, 0) is 17.8 Å². The number of nitrogens with one attached hydrogen (secondary N) is 1. The minimum absolute atomic E-state index is 0.0228. The van der Waals surface area contributed by atoms with Gasteiger partial charge in [-0.15, -0.1) is 9.24 Å². The SMILES string of the molecule is C=NC(=O)/C(F)=C\N(CNc1cccc2c1CCCO2)Cc1cc(F)c(F)c(P)c1.